The minimum absolute atomic E-state index is 0.0597. The maximum atomic E-state index is 11.9. The van der Waals surface area contributed by atoms with E-state index >= 15 is 0 Å². The van der Waals surface area contributed by atoms with Gasteiger partial charge in [-0.1, -0.05) is 6.07 Å². The van der Waals surface area contributed by atoms with Gasteiger partial charge in [-0.05, 0) is 26.3 Å². The summed E-state index contributed by atoms with van der Waals surface area (Å²) in [5.41, 5.74) is 0.422. The van der Waals surface area contributed by atoms with Gasteiger partial charge in [-0.25, -0.2) is 4.98 Å². The number of hydrogen-bond acceptors (Lipinski definition) is 4. The maximum absolute atomic E-state index is 11.9. The molecule has 1 saturated heterocycles. The molecule has 0 aromatic carbocycles. The molecule has 1 aromatic heterocycles. The fraction of sp³-hybridized carbons (Fsp3) is 0.571. The Morgan fingerprint density at radius 2 is 2.37 bits per heavy atom. The molecule has 1 fully saturated rings. The third-order valence-electron chi connectivity index (χ3n) is 3.82. The van der Waals surface area contributed by atoms with Crippen molar-refractivity contribution in [1.29, 1.82) is 0 Å². The standard InChI is InChI=1S/C14H21N3O2/c1-10(18)11-5-4-7-16-12(11)17-8-6-14(2,9-17)13(19)15-3/h4-5,7,10,18H,6,8-9H2,1-3H3,(H,15,19). The number of hydrogen-bond donors (Lipinski definition) is 2. The minimum atomic E-state index is -0.560. The number of carbonyl (C=O) groups excluding carboxylic acids is 1. The Bertz CT molecular complexity index is 476. The summed E-state index contributed by atoms with van der Waals surface area (Å²) in [6, 6.07) is 3.70. The summed E-state index contributed by atoms with van der Waals surface area (Å²) in [6.07, 6.45) is 1.95. The van der Waals surface area contributed by atoms with Crippen LogP contribution in [-0.4, -0.2) is 36.1 Å². The molecule has 104 valence electrons. The van der Waals surface area contributed by atoms with Crippen LogP contribution in [0.4, 0.5) is 5.82 Å². The van der Waals surface area contributed by atoms with Gasteiger partial charge in [0.1, 0.15) is 5.82 Å². The Hall–Kier alpha value is -1.62. The summed E-state index contributed by atoms with van der Waals surface area (Å²) in [4.78, 5) is 18.4. The van der Waals surface area contributed by atoms with E-state index in [0.717, 1.165) is 24.3 Å². The van der Waals surface area contributed by atoms with Gasteiger partial charge in [0, 0.05) is 31.9 Å². The summed E-state index contributed by atoms with van der Waals surface area (Å²) < 4.78 is 0. The van der Waals surface area contributed by atoms with Gasteiger partial charge in [0.25, 0.3) is 0 Å². The quantitative estimate of drug-likeness (QED) is 0.857. The SMILES string of the molecule is CNC(=O)C1(C)CCN(c2ncccc2C(C)O)C1. The molecule has 2 heterocycles. The van der Waals surface area contributed by atoms with Crippen molar-refractivity contribution in [3.8, 4) is 0 Å². The molecule has 1 aliphatic rings. The summed E-state index contributed by atoms with van der Waals surface area (Å²) in [7, 11) is 1.66. The number of nitrogens with zero attached hydrogens (tertiary/aromatic N) is 2. The molecule has 5 heteroatoms. The summed E-state index contributed by atoms with van der Waals surface area (Å²) in [5, 5.41) is 12.5. The zero-order chi connectivity index (χ0) is 14.0. The molecule has 0 aliphatic carbocycles. The molecule has 1 amide bonds. The fourth-order valence-corrected chi connectivity index (χ4v) is 2.63. The van der Waals surface area contributed by atoms with Gasteiger partial charge < -0.3 is 15.3 Å². The van der Waals surface area contributed by atoms with E-state index in [2.05, 4.69) is 15.2 Å². The van der Waals surface area contributed by atoms with Crippen LogP contribution in [0.1, 0.15) is 31.9 Å². The van der Waals surface area contributed by atoms with Crippen LogP contribution in [0.25, 0.3) is 0 Å². The van der Waals surface area contributed by atoms with Crippen molar-refractivity contribution in [2.45, 2.75) is 26.4 Å². The highest BCUT2D eigenvalue weighted by Crippen LogP contribution is 2.35. The molecule has 2 N–H and O–H groups in total. The number of rotatable bonds is 3. The summed E-state index contributed by atoms with van der Waals surface area (Å²) in [5.74, 6) is 0.842. The molecule has 5 nitrogen and oxygen atoms in total. The third-order valence-corrected chi connectivity index (χ3v) is 3.82. The Morgan fingerprint density at radius 3 is 3.00 bits per heavy atom. The van der Waals surface area contributed by atoms with E-state index in [1.807, 2.05) is 19.1 Å². The maximum Gasteiger partial charge on any atom is 0.227 e. The highest BCUT2D eigenvalue weighted by molar-refractivity contribution is 5.83. The molecule has 1 aromatic rings. The van der Waals surface area contributed by atoms with Crippen molar-refractivity contribution in [2.75, 3.05) is 25.0 Å². The van der Waals surface area contributed by atoms with E-state index in [4.69, 9.17) is 0 Å². The van der Waals surface area contributed by atoms with Gasteiger partial charge in [-0.15, -0.1) is 0 Å². The van der Waals surface area contributed by atoms with Crippen molar-refractivity contribution in [3.63, 3.8) is 0 Å². The number of aliphatic hydroxyl groups is 1. The minimum Gasteiger partial charge on any atom is -0.389 e. The van der Waals surface area contributed by atoms with Crippen LogP contribution in [0.2, 0.25) is 0 Å². The Kier molecular flexibility index (Phi) is 3.75. The monoisotopic (exact) mass is 263 g/mol. The lowest BCUT2D eigenvalue weighted by Gasteiger charge is -2.25. The summed E-state index contributed by atoms with van der Waals surface area (Å²) in [6.45, 7) is 5.11. The predicted molar refractivity (Wildman–Crippen MR) is 73.9 cm³/mol. The Morgan fingerprint density at radius 1 is 1.63 bits per heavy atom. The molecule has 0 saturated carbocycles. The van der Waals surface area contributed by atoms with Crippen molar-refractivity contribution in [1.82, 2.24) is 10.3 Å². The van der Waals surface area contributed by atoms with Gasteiger partial charge in [0.05, 0.1) is 11.5 Å². The average molecular weight is 263 g/mol. The van der Waals surface area contributed by atoms with E-state index in [-0.39, 0.29) is 11.3 Å². The first-order chi connectivity index (χ1) is 8.98. The Labute approximate surface area is 113 Å². The van der Waals surface area contributed by atoms with E-state index in [1.165, 1.54) is 0 Å². The van der Waals surface area contributed by atoms with Gasteiger partial charge in [-0.3, -0.25) is 4.79 Å². The largest absolute Gasteiger partial charge is 0.389 e. The molecule has 0 bridgehead atoms. The van der Waals surface area contributed by atoms with Crippen LogP contribution in [0.15, 0.2) is 18.3 Å². The number of aromatic nitrogens is 1. The van der Waals surface area contributed by atoms with Crippen LogP contribution < -0.4 is 10.2 Å². The van der Waals surface area contributed by atoms with Gasteiger partial charge >= 0.3 is 0 Å². The van der Waals surface area contributed by atoms with Gasteiger partial charge in [-0.2, -0.15) is 0 Å². The van der Waals surface area contributed by atoms with Gasteiger partial charge in [0.15, 0.2) is 0 Å². The molecule has 2 rings (SSSR count). The van der Waals surface area contributed by atoms with Crippen molar-refractivity contribution < 1.29 is 9.90 Å². The highest BCUT2D eigenvalue weighted by Gasteiger charge is 2.40. The zero-order valence-corrected chi connectivity index (χ0v) is 11.7. The summed E-state index contributed by atoms with van der Waals surface area (Å²) >= 11 is 0. The van der Waals surface area contributed by atoms with Crippen molar-refractivity contribution in [2.24, 2.45) is 5.41 Å². The van der Waals surface area contributed by atoms with Crippen molar-refractivity contribution in [3.05, 3.63) is 23.9 Å². The number of nitrogens with one attached hydrogen (secondary N) is 1. The molecular formula is C14H21N3O2. The number of pyridine rings is 1. The second kappa shape index (κ2) is 5.17. The van der Waals surface area contributed by atoms with Crippen LogP contribution in [0.3, 0.4) is 0 Å². The Balaban J connectivity index is 2.24. The normalized spacial score (nSPS) is 24.3. The van der Waals surface area contributed by atoms with E-state index in [9.17, 15) is 9.90 Å². The van der Waals surface area contributed by atoms with Gasteiger partial charge in [0.2, 0.25) is 5.91 Å². The third kappa shape index (κ3) is 2.56. The molecule has 1 aliphatic heterocycles. The smallest absolute Gasteiger partial charge is 0.227 e. The lowest BCUT2D eigenvalue weighted by molar-refractivity contribution is -0.128. The fourth-order valence-electron chi connectivity index (χ4n) is 2.63. The first kappa shape index (κ1) is 13.8. The second-order valence-electron chi connectivity index (χ2n) is 5.40. The van der Waals surface area contributed by atoms with Crippen molar-refractivity contribution >= 4 is 11.7 Å². The second-order valence-corrected chi connectivity index (χ2v) is 5.40. The topological polar surface area (TPSA) is 65.5 Å². The van der Waals surface area contributed by atoms with E-state index < -0.39 is 6.10 Å². The number of aliphatic hydroxyl groups excluding tert-OH is 1. The highest BCUT2D eigenvalue weighted by atomic mass is 16.3. The van der Waals surface area contributed by atoms with E-state index in [1.54, 1.807) is 20.2 Å². The molecule has 0 radical (unpaired) electrons. The van der Waals surface area contributed by atoms with Crippen LogP contribution >= 0.6 is 0 Å². The first-order valence-electron chi connectivity index (χ1n) is 6.58. The average Bonchev–Trinajstić information content (AvgIpc) is 2.81. The van der Waals surface area contributed by atoms with E-state index in [0.29, 0.717) is 6.54 Å². The number of amides is 1. The number of anilines is 1. The predicted octanol–water partition coefficient (Wildman–Crippen LogP) is 1.10. The lowest BCUT2D eigenvalue weighted by Crippen LogP contribution is -2.39. The zero-order valence-electron chi connectivity index (χ0n) is 11.7. The molecule has 2 unspecified atom stereocenters. The lowest BCUT2D eigenvalue weighted by atomic mass is 9.89. The van der Waals surface area contributed by atoms with Crippen LogP contribution in [0, 0.1) is 5.41 Å². The molecular weight excluding hydrogens is 242 g/mol. The molecule has 2 atom stereocenters. The molecule has 19 heavy (non-hydrogen) atoms. The first-order valence-corrected chi connectivity index (χ1v) is 6.58. The van der Waals surface area contributed by atoms with Crippen LogP contribution in [-0.2, 0) is 4.79 Å². The number of carbonyl (C=O) groups is 1. The molecule has 0 spiro atoms. The van der Waals surface area contributed by atoms with Crippen LogP contribution in [0.5, 0.6) is 0 Å².